The zero-order valence-corrected chi connectivity index (χ0v) is 20.0. The maximum atomic E-state index is 12.8. The highest BCUT2D eigenvalue weighted by Crippen LogP contribution is 2.50. The van der Waals surface area contributed by atoms with E-state index in [0.29, 0.717) is 6.61 Å². The molecule has 0 amide bonds. The van der Waals surface area contributed by atoms with Crippen LogP contribution in [0.25, 0.3) is 0 Å². The number of phosphoric ester groups is 1. The largest absolute Gasteiger partial charge is 0.475 e. The number of aryl methyl sites for hydroxylation is 1. The molecule has 0 spiro atoms. The lowest BCUT2D eigenvalue weighted by molar-refractivity contribution is 0.124. The fourth-order valence-corrected chi connectivity index (χ4v) is 4.16. The molecule has 0 heterocycles. The quantitative estimate of drug-likeness (QED) is 0.216. The summed E-state index contributed by atoms with van der Waals surface area (Å²) in [6, 6.07) is 6.00. The van der Waals surface area contributed by atoms with Crippen LogP contribution in [0, 0.1) is 6.92 Å². The first-order valence-electron chi connectivity index (χ1n) is 9.42. The van der Waals surface area contributed by atoms with E-state index >= 15 is 0 Å². The van der Waals surface area contributed by atoms with Crippen LogP contribution in [0.15, 0.2) is 43.5 Å². The van der Waals surface area contributed by atoms with Crippen LogP contribution in [0.3, 0.4) is 0 Å². The summed E-state index contributed by atoms with van der Waals surface area (Å²) in [6.07, 6.45) is 3.00. The lowest BCUT2D eigenvalue weighted by Gasteiger charge is -2.36. The second kappa shape index (κ2) is 10.7. The Morgan fingerprint density at radius 2 is 1.61 bits per heavy atom. The van der Waals surface area contributed by atoms with E-state index < -0.39 is 16.1 Å². The number of hydrogen-bond acceptors (Lipinski definition) is 5. The summed E-state index contributed by atoms with van der Waals surface area (Å²) in [5.74, 6) is 0. The Labute approximate surface area is 171 Å². The first-order valence-corrected chi connectivity index (χ1v) is 13.8. The molecule has 1 aromatic carbocycles. The van der Waals surface area contributed by atoms with Gasteiger partial charge < -0.3 is 4.43 Å². The molecule has 28 heavy (non-hydrogen) atoms. The molecule has 0 bridgehead atoms. The van der Waals surface area contributed by atoms with E-state index in [0.717, 1.165) is 16.7 Å². The Balaban J connectivity index is 2.97. The molecule has 158 valence electrons. The minimum atomic E-state index is -3.71. The van der Waals surface area contributed by atoms with Gasteiger partial charge in [0.1, 0.15) is 0 Å². The smallest absolute Gasteiger partial charge is 0.413 e. The molecule has 0 saturated heterocycles. The Morgan fingerprint density at radius 1 is 1.04 bits per heavy atom. The third kappa shape index (κ3) is 7.43. The highest BCUT2D eigenvalue weighted by Gasteiger charge is 2.37. The first-order chi connectivity index (χ1) is 13.0. The van der Waals surface area contributed by atoms with Crippen molar-refractivity contribution in [1.29, 1.82) is 0 Å². The lowest BCUT2D eigenvalue weighted by Crippen LogP contribution is -2.40. The molecule has 0 aliphatic rings. The van der Waals surface area contributed by atoms with Crippen LogP contribution < -0.4 is 0 Å². The number of phosphoric acid groups is 1. The van der Waals surface area contributed by atoms with Gasteiger partial charge >= 0.3 is 7.82 Å². The van der Waals surface area contributed by atoms with Crippen LogP contribution in [0.5, 0.6) is 0 Å². The van der Waals surface area contributed by atoms with Crippen molar-refractivity contribution in [2.75, 3.05) is 13.2 Å². The van der Waals surface area contributed by atoms with Crippen molar-refractivity contribution in [2.24, 2.45) is 0 Å². The average molecular weight is 427 g/mol. The van der Waals surface area contributed by atoms with E-state index in [1.807, 2.05) is 25.1 Å². The predicted octanol–water partition coefficient (Wildman–Crippen LogP) is 6.55. The second-order valence-corrected chi connectivity index (χ2v) is 14.6. The molecular weight excluding hydrogens is 391 g/mol. The van der Waals surface area contributed by atoms with Crippen molar-refractivity contribution in [3.05, 3.63) is 60.2 Å². The first kappa shape index (κ1) is 25.0. The predicted molar refractivity (Wildman–Crippen MR) is 118 cm³/mol. The van der Waals surface area contributed by atoms with Gasteiger partial charge in [-0.1, -0.05) is 51.1 Å². The van der Waals surface area contributed by atoms with Crippen LogP contribution >= 0.6 is 7.82 Å². The Bertz CT molecular complexity index is 693. The molecule has 0 aliphatic carbocycles. The normalized spacial score (nSPS) is 12.8. The van der Waals surface area contributed by atoms with Crippen molar-refractivity contribution >= 4 is 16.1 Å². The van der Waals surface area contributed by atoms with Gasteiger partial charge in [-0.3, -0.25) is 13.6 Å². The van der Waals surface area contributed by atoms with Crippen molar-refractivity contribution in [3.63, 3.8) is 0 Å². The van der Waals surface area contributed by atoms with E-state index in [1.165, 1.54) is 12.2 Å². The van der Waals surface area contributed by atoms with Gasteiger partial charge in [-0.2, -0.15) is 0 Å². The van der Waals surface area contributed by atoms with Gasteiger partial charge in [0.25, 0.3) is 0 Å². The zero-order valence-electron chi connectivity index (χ0n) is 18.1. The van der Waals surface area contributed by atoms with Crippen LogP contribution in [-0.4, -0.2) is 21.5 Å². The molecule has 5 nitrogen and oxygen atoms in total. The zero-order chi connectivity index (χ0) is 21.4. The van der Waals surface area contributed by atoms with Gasteiger partial charge in [-0.05, 0) is 41.7 Å². The standard InChI is InChI=1S/C21H35O5PSi/c1-9-14-23-27(22,24-15-10-2)25-17-20-18(3)12-11-13-19(20)16-26-28(7,8)21(4,5)6/h9-13H,1-2,14-17H2,3-8H3. The molecule has 0 fully saturated rings. The Kier molecular flexibility index (Phi) is 9.54. The SMILES string of the molecule is C=CCOP(=O)(OCC=C)OCc1c(C)cccc1CO[Si](C)(C)C(C)(C)C. The molecule has 0 N–H and O–H groups in total. The van der Waals surface area contributed by atoms with Crippen molar-refractivity contribution in [2.45, 2.75) is 59.0 Å². The summed E-state index contributed by atoms with van der Waals surface area (Å²) in [5, 5.41) is 0.125. The number of rotatable bonds is 12. The summed E-state index contributed by atoms with van der Waals surface area (Å²) in [6.45, 7) is 20.9. The minimum Gasteiger partial charge on any atom is -0.413 e. The number of hydrogen-bond donors (Lipinski definition) is 0. The Morgan fingerprint density at radius 3 is 2.11 bits per heavy atom. The molecule has 0 aliphatic heterocycles. The highest BCUT2D eigenvalue weighted by molar-refractivity contribution is 7.48. The maximum Gasteiger partial charge on any atom is 0.475 e. The van der Waals surface area contributed by atoms with Gasteiger partial charge in [0, 0.05) is 0 Å². The summed E-state index contributed by atoms with van der Waals surface area (Å²) in [7, 11) is -5.60. The molecule has 7 heteroatoms. The van der Waals surface area contributed by atoms with Gasteiger partial charge in [0.15, 0.2) is 8.32 Å². The summed E-state index contributed by atoms with van der Waals surface area (Å²) in [5.41, 5.74) is 2.99. The van der Waals surface area contributed by atoms with Gasteiger partial charge in [0.05, 0.1) is 26.4 Å². The van der Waals surface area contributed by atoms with E-state index in [9.17, 15) is 4.57 Å². The molecule has 1 aromatic rings. The van der Waals surface area contributed by atoms with Gasteiger partial charge in [-0.25, -0.2) is 4.57 Å². The van der Waals surface area contributed by atoms with E-state index in [4.69, 9.17) is 18.0 Å². The molecule has 1 rings (SSSR count). The monoisotopic (exact) mass is 426 g/mol. The van der Waals surface area contributed by atoms with E-state index in [2.05, 4.69) is 47.0 Å². The summed E-state index contributed by atoms with van der Waals surface area (Å²) in [4.78, 5) is 0. The fourth-order valence-electron chi connectivity index (χ4n) is 2.12. The van der Waals surface area contributed by atoms with Crippen molar-refractivity contribution in [3.8, 4) is 0 Å². The molecule has 0 radical (unpaired) electrons. The molecule has 0 unspecified atom stereocenters. The van der Waals surface area contributed by atoms with Crippen molar-refractivity contribution < 1.29 is 22.6 Å². The topological polar surface area (TPSA) is 54.0 Å². The lowest BCUT2D eigenvalue weighted by atomic mass is 10.0. The van der Waals surface area contributed by atoms with Crippen LogP contribution in [0.4, 0.5) is 0 Å². The van der Waals surface area contributed by atoms with Crippen LogP contribution in [0.1, 0.15) is 37.5 Å². The number of benzene rings is 1. The van der Waals surface area contributed by atoms with Gasteiger partial charge in [0.2, 0.25) is 0 Å². The second-order valence-electron chi connectivity index (χ2n) is 8.15. The van der Waals surface area contributed by atoms with Crippen molar-refractivity contribution in [1.82, 2.24) is 0 Å². The van der Waals surface area contributed by atoms with Gasteiger partial charge in [-0.15, -0.1) is 13.2 Å². The molecule has 0 saturated carbocycles. The maximum absolute atomic E-state index is 12.8. The average Bonchev–Trinajstić information content (AvgIpc) is 2.61. The van der Waals surface area contributed by atoms with Crippen LogP contribution in [-0.2, 0) is 35.8 Å². The summed E-state index contributed by atoms with van der Waals surface area (Å²) >= 11 is 0. The molecular formula is C21H35O5PSi. The van der Waals surface area contributed by atoms with Crippen LogP contribution in [0.2, 0.25) is 18.1 Å². The Hall–Kier alpha value is -1.01. The summed E-state index contributed by atoms with van der Waals surface area (Å²) < 4.78 is 35.3. The van der Waals surface area contributed by atoms with E-state index in [-0.39, 0.29) is 24.9 Å². The fraction of sp³-hybridized carbons (Fsp3) is 0.524. The molecule has 0 aromatic heterocycles. The third-order valence-electron chi connectivity index (χ3n) is 4.97. The molecule has 0 atom stereocenters. The highest BCUT2D eigenvalue weighted by atomic mass is 31.2. The third-order valence-corrected chi connectivity index (χ3v) is 10.8. The minimum absolute atomic E-state index is 0.0729. The van der Waals surface area contributed by atoms with E-state index in [1.54, 1.807) is 0 Å².